The van der Waals surface area contributed by atoms with Crippen LogP contribution in [0.15, 0.2) is 30.6 Å². The van der Waals surface area contributed by atoms with E-state index in [0.29, 0.717) is 0 Å². The molecule has 0 atom stereocenters. The predicted octanol–water partition coefficient (Wildman–Crippen LogP) is 5.37. The molecule has 0 N–H and O–H groups in total. The Kier molecular flexibility index (Phi) is 6.26. The van der Waals surface area contributed by atoms with Gasteiger partial charge in [-0.25, -0.2) is 0 Å². The maximum absolute atomic E-state index is 10.7. The van der Waals surface area contributed by atoms with Crippen LogP contribution < -0.4 is 9.57 Å². The fraction of sp³-hybridized carbons (Fsp3) is 0.545. The SMILES string of the molecule is CCCCCCO[n+]1ccccc1.F[P-](F)(F)(F)(F)F. The molecule has 9 heteroatoms. The van der Waals surface area contributed by atoms with Crippen LogP contribution in [0.1, 0.15) is 32.6 Å². The fourth-order valence-corrected chi connectivity index (χ4v) is 1.17. The Hall–Kier alpha value is -1.04. The van der Waals surface area contributed by atoms with Gasteiger partial charge in [0.1, 0.15) is 0 Å². The summed E-state index contributed by atoms with van der Waals surface area (Å²) in [6.07, 6.45) is 8.83. The van der Waals surface area contributed by atoms with E-state index in [9.17, 15) is 25.2 Å². The Morgan fingerprint density at radius 3 is 1.80 bits per heavy atom. The zero-order chi connectivity index (χ0) is 15.8. The van der Waals surface area contributed by atoms with Gasteiger partial charge in [-0.1, -0.05) is 25.8 Å². The molecular formula is C11H18F6NOP. The quantitative estimate of drug-likeness (QED) is 0.297. The summed E-state index contributed by atoms with van der Waals surface area (Å²) < 4.78 is 61.0. The molecule has 2 nitrogen and oxygen atoms in total. The van der Waals surface area contributed by atoms with Crippen LogP contribution in [0.2, 0.25) is 0 Å². The molecule has 0 aromatic carbocycles. The van der Waals surface area contributed by atoms with Crippen LogP contribution in [0.5, 0.6) is 0 Å². The first-order chi connectivity index (χ1) is 8.88. The molecule has 1 heterocycles. The third-order valence-corrected chi connectivity index (χ3v) is 1.93. The zero-order valence-electron chi connectivity index (χ0n) is 11.0. The molecule has 0 fully saturated rings. The van der Waals surface area contributed by atoms with E-state index in [1.54, 1.807) is 4.73 Å². The van der Waals surface area contributed by atoms with E-state index in [1.165, 1.54) is 19.3 Å². The normalized spacial score (nSPS) is 14.6. The minimum absolute atomic E-state index is 0.814. The first kappa shape index (κ1) is 19.0. The van der Waals surface area contributed by atoms with E-state index >= 15 is 0 Å². The summed E-state index contributed by atoms with van der Waals surface area (Å²) in [4.78, 5) is 5.47. The number of rotatable bonds is 6. The third-order valence-electron chi connectivity index (χ3n) is 1.93. The van der Waals surface area contributed by atoms with Crippen molar-refractivity contribution in [2.24, 2.45) is 0 Å². The molecule has 0 radical (unpaired) electrons. The molecule has 0 aliphatic carbocycles. The molecule has 0 spiro atoms. The summed E-state index contributed by atoms with van der Waals surface area (Å²) in [6.45, 7) is 3.03. The standard InChI is InChI=1S/C11H18NO.F6P/c1-2-3-4-8-11-13-12-9-6-5-7-10-12;1-7(2,3,4,5)6/h5-7,9-10H,2-4,8,11H2,1H3;/q+1;-1. The van der Waals surface area contributed by atoms with Gasteiger partial charge < -0.3 is 0 Å². The van der Waals surface area contributed by atoms with Gasteiger partial charge in [0.15, 0.2) is 6.61 Å². The summed E-state index contributed by atoms with van der Waals surface area (Å²) >= 11 is 0. The Morgan fingerprint density at radius 2 is 1.35 bits per heavy atom. The van der Waals surface area contributed by atoms with Gasteiger partial charge in [-0.05, 0) is 12.8 Å². The Labute approximate surface area is 113 Å². The molecular weight excluding hydrogens is 307 g/mol. The zero-order valence-corrected chi connectivity index (χ0v) is 11.9. The number of hydrogen-bond acceptors (Lipinski definition) is 1. The Balaban J connectivity index is 0.000000441. The summed E-state index contributed by atoms with van der Waals surface area (Å²) in [7, 11) is -10.7. The number of aromatic nitrogens is 1. The molecule has 0 amide bonds. The Bertz CT molecular complexity index is 368. The summed E-state index contributed by atoms with van der Waals surface area (Å²) in [5.41, 5.74) is 0. The molecule has 20 heavy (non-hydrogen) atoms. The van der Waals surface area contributed by atoms with Crippen molar-refractivity contribution in [2.45, 2.75) is 32.6 Å². The van der Waals surface area contributed by atoms with Crippen molar-refractivity contribution in [3.63, 3.8) is 0 Å². The molecule has 1 aromatic heterocycles. The van der Waals surface area contributed by atoms with Crippen LogP contribution in [0.25, 0.3) is 0 Å². The van der Waals surface area contributed by atoms with Crippen molar-refractivity contribution in [3.05, 3.63) is 30.6 Å². The first-order valence-electron chi connectivity index (χ1n) is 6.04. The average Bonchev–Trinajstić information content (AvgIpc) is 2.26. The van der Waals surface area contributed by atoms with E-state index < -0.39 is 7.81 Å². The van der Waals surface area contributed by atoms with Crippen molar-refractivity contribution < 1.29 is 34.7 Å². The summed E-state index contributed by atoms with van der Waals surface area (Å²) in [6, 6.07) is 5.91. The molecule has 0 saturated heterocycles. The van der Waals surface area contributed by atoms with E-state index in [4.69, 9.17) is 4.84 Å². The molecule has 120 valence electrons. The van der Waals surface area contributed by atoms with Crippen LogP contribution >= 0.6 is 7.81 Å². The second-order valence-electron chi connectivity index (χ2n) is 4.09. The number of hydrogen-bond donors (Lipinski definition) is 0. The van der Waals surface area contributed by atoms with Crippen LogP contribution in [0.3, 0.4) is 0 Å². The van der Waals surface area contributed by atoms with Gasteiger partial charge >= 0.3 is 33.0 Å². The Morgan fingerprint density at radius 1 is 0.850 bits per heavy atom. The molecule has 0 bridgehead atoms. The summed E-state index contributed by atoms with van der Waals surface area (Å²) in [5, 5.41) is 0. The number of pyridine rings is 1. The monoisotopic (exact) mass is 325 g/mol. The van der Waals surface area contributed by atoms with E-state index in [2.05, 4.69) is 6.92 Å². The van der Waals surface area contributed by atoms with Crippen molar-refractivity contribution in [2.75, 3.05) is 6.61 Å². The van der Waals surface area contributed by atoms with Gasteiger partial charge in [0.25, 0.3) is 0 Å². The molecule has 1 aromatic rings. The third kappa shape index (κ3) is 22.2. The van der Waals surface area contributed by atoms with Crippen molar-refractivity contribution in [1.82, 2.24) is 0 Å². The van der Waals surface area contributed by atoms with Crippen molar-refractivity contribution >= 4 is 7.81 Å². The van der Waals surface area contributed by atoms with Gasteiger partial charge in [-0.15, -0.1) is 0 Å². The first-order valence-corrected chi connectivity index (χ1v) is 8.07. The molecule has 0 aliphatic heterocycles. The van der Waals surface area contributed by atoms with E-state index in [1.807, 2.05) is 30.6 Å². The van der Waals surface area contributed by atoms with Gasteiger partial charge in [0.2, 0.25) is 12.4 Å². The molecule has 0 aliphatic rings. The maximum atomic E-state index is 9.87. The minimum atomic E-state index is -10.7. The molecule has 1 rings (SSSR count). The predicted molar refractivity (Wildman–Crippen MR) is 65.8 cm³/mol. The van der Waals surface area contributed by atoms with E-state index in [0.717, 1.165) is 13.0 Å². The van der Waals surface area contributed by atoms with Crippen molar-refractivity contribution in [3.8, 4) is 0 Å². The van der Waals surface area contributed by atoms with E-state index in [-0.39, 0.29) is 0 Å². The van der Waals surface area contributed by atoms with Crippen molar-refractivity contribution in [1.29, 1.82) is 0 Å². The second-order valence-corrected chi connectivity index (χ2v) is 6.00. The van der Waals surface area contributed by atoms with Crippen LogP contribution in [0, 0.1) is 0 Å². The van der Waals surface area contributed by atoms with Gasteiger partial charge in [-0.3, -0.25) is 4.84 Å². The van der Waals surface area contributed by atoms with Crippen LogP contribution in [-0.2, 0) is 0 Å². The van der Waals surface area contributed by atoms with Gasteiger partial charge in [0, 0.05) is 16.9 Å². The molecule has 0 unspecified atom stereocenters. The summed E-state index contributed by atoms with van der Waals surface area (Å²) in [5.74, 6) is 0. The van der Waals surface area contributed by atoms with Gasteiger partial charge in [-0.2, -0.15) is 0 Å². The molecule has 0 saturated carbocycles. The topological polar surface area (TPSA) is 13.1 Å². The average molecular weight is 325 g/mol. The van der Waals surface area contributed by atoms with Gasteiger partial charge in [0.05, 0.1) is 0 Å². The van der Waals surface area contributed by atoms with Crippen LogP contribution in [-0.4, -0.2) is 6.61 Å². The fourth-order valence-electron chi connectivity index (χ4n) is 1.17. The number of nitrogens with zero attached hydrogens (tertiary/aromatic N) is 1. The number of halogens is 6. The second kappa shape index (κ2) is 6.61. The number of unbranched alkanes of at least 4 members (excludes halogenated alkanes) is 3. The van der Waals surface area contributed by atoms with Crippen LogP contribution in [0.4, 0.5) is 25.2 Å².